The Morgan fingerprint density at radius 1 is 1.70 bits per heavy atom. The third kappa shape index (κ3) is 1.10. The molecule has 0 aliphatic heterocycles. The molecule has 56 valence electrons. The van der Waals surface area contributed by atoms with Gasteiger partial charge in [-0.1, -0.05) is 12.1 Å². The highest BCUT2D eigenvalue weighted by atomic mass is 16.5. The summed E-state index contributed by atoms with van der Waals surface area (Å²) in [6.45, 7) is 2.03. The van der Waals surface area contributed by atoms with Crippen molar-refractivity contribution in [2.75, 3.05) is 0 Å². The second-order valence-electron chi connectivity index (χ2n) is 2.17. The van der Waals surface area contributed by atoms with Crippen LogP contribution in [0.15, 0.2) is 9.32 Å². The summed E-state index contributed by atoms with van der Waals surface area (Å²) in [6.07, 6.45) is 1.77. The fraction of sp³-hybridized carbons (Fsp3) is 0.667. The normalized spacial score (nSPS) is 10.2. The van der Waals surface area contributed by atoms with Gasteiger partial charge in [-0.15, -0.1) is 0 Å². The molecule has 0 amide bonds. The third-order valence-corrected chi connectivity index (χ3v) is 1.36. The van der Waals surface area contributed by atoms with E-state index in [0.717, 1.165) is 12.8 Å². The molecule has 0 saturated heterocycles. The summed E-state index contributed by atoms with van der Waals surface area (Å²) in [5.74, 6) is 0.330. The fourth-order valence-electron chi connectivity index (χ4n) is 0.757. The third-order valence-electron chi connectivity index (χ3n) is 1.36. The molecule has 1 rings (SSSR count). The SMILES string of the molecule is CCCc1noc(=O)n1C. The van der Waals surface area contributed by atoms with E-state index in [-0.39, 0.29) is 5.76 Å². The van der Waals surface area contributed by atoms with Crippen LogP contribution >= 0.6 is 0 Å². The Labute approximate surface area is 58.4 Å². The quantitative estimate of drug-likeness (QED) is 0.597. The molecule has 1 aromatic heterocycles. The van der Waals surface area contributed by atoms with Crippen LogP contribution in [0.3, 0.4) is 0 Å². The van der Waals surface area contributed by atoms with Gasteiger partial charge in [0.2, 0.25) is 0 Å². The Hall–Kier alpha value is -1.06. The standard InChI is InChI=1S/C6H10N2O2/c1-3-4-5-7-10-6(9)8(5)2/h3-4H2,1-2H3. The van der Waals surface area contributed by atoms with Crippen molar-refractivity contribution in [1.29, 1.82) is 0 Å². The number of nitrogens with zero attached hydrogens (tertiary/aromatic N) is 2. The molecule has 0 unspecified atom stereocenters. The average Bonchev–Trinajstić information content (AvgIpc) is 2.20. The first-order chi connectivity index (χ1) is 4.75. The van der Waals surface area contributed by atoms with Gasteiger partial charge in [0.05, 0.1) is 0 Å². The van der Waals surface area contributed by atoms with Crippen LogP contribution in [-0.2, 0) is 13.5 Å². The molecule has 0 fully saturated rings. The highest BCUT2D eigenvalue weighted by Gasteiger charge is 2.02. The second kappa shape index (κ2) is 2.68. The molecule has 1 aromatic rings. The highest BCUT2D eigenvalue weighted by molar-refractivity contribution is 4.81. The van der Waals surface area contributed by atoms with Gasteiger partial charge >= 0.3 is 5.76 Å². The molecule has 0 aliphatic carbocycles. The van der Waals surface area contributed by atoms with Gasteiger partial charge in [0, 0.05) is 13.5 Å². The number of rotatable bonds is 2. The van der Waals surface area contributed by atoms with E-state index in [2.05, 4.69) is 9.68 Å². The molecule has 0 aromatic carbocycles. The number of aromatic nitrogens is 2. The zero-order chi connectivity index (χ0) is 7.56. The molecule has 0 atom stereocenters. The van der Waals surface area contributed by atoms with E-state index in [1.807, 2.05) is 6.92 Å². The smallest absolute Gasteiger partial charge is 0.296 e. The summed E-state index contributed by atoms with van der Waals surface area (Å²) >= 11 is 0. The summed E-state index contributed by atoms with van der Waals surface area (Å²) in [5, 5.41) is 3.58. The zero-order valence-corrected chi connectivity index (χ0v) is 6.13. The lowest BCUT2D eigenvalue weighted by atomic mass is 10.3. The molecule has 0 spiro atoms. The topological polar surface area (TPSA) is 48.0 Å². The Balaban J connectivity index is 2.94. The Morgan fingerprint density at radius 2 is 2.40 bits per heavy atom. The minimum Gasteiger partial charge on any atom is -0.296 e. The summed E-state index contributed by atoms with van der Waals surface area (Å²) in [4.78, 5) is 10.6. The Bertz CT molecular complexity index is 261. The van der Waals surface area contributed by atoms with Crippen LogP contribution in [-0.4, -0.2) is 9.72 Å². The zero-order valence-electron chi connectivity index (χ0n) is 6.13. The van der Waals surface area contributed by atoms with Gasteiger partial charge in [0.1, 0.15) is 0 Å². The maximum atomic E-state index is 10.6. The lowest BCUT2D eigenvalue weighted by molar-refractivity contribution is 0.376. The highest BCUT2D eigenvalue weighted by Crippen LogP contribution is 1.93. The van der Waals surface area contributed by atoms with Gasteiger partial charge in [-0.25, -0.2) is 4.79 Å². The van der Waals surface area contributed by atoms with E-state index in [1.54, 1.807) is 7.05 Å². The van der Waals surface area contributed by atoms with Gasteiger partial charge in [-0.05, 0) is 6.42 Å². The molecular weight excluding hydrogens is 132 g/mol. The van der Waals surface area contributed by atoms with E-state index in [0.29, 0.717) is 5.82 Å². The molecule has 0 aliphatic rings. The van der Waals surface area contributed by atoms with E-state index >= 15 is 0 Å². The van der Waals surface area contributed by atoms with Crippen LogP contribution in [0.25, 0.3) is 0 Å². The van der Waals surface area contributed by atoms with Gasteiger partial charge in [0.25, 0.3) is 0 Å². The van der Waals surface area contributed by atoms with Crippen LogP contribution < -0.4 is 5.76 Å². The van der Waals surface area contributed by atoms with Crippen molar-refractivity contribution in [2.24, 2.45) is 7.05 Å². The van der Waals surface area contributed by atoms with Crippen LogP contribution in [0.5, 0.6) is 0 Å². The molecule has 0 N–H and O–H groups in total. The first-order valence-electron chi connectivity index (χ1n) is 3.27. The minimum atomic E-state index is -0.386. The van der Waals surface area contributed by atoms with Crippen LogP contribution in [0.1, 0.15) is 19.2 Å². The summed E-state index contributed by atoms with van der Waals surface area (Å²) < 4.78 is 5.83. The lowest BCUT2D eigenvalue weighted by Gasteiger charge is -1.91. The Morgan fingerprint density at radius 3 is 2.80 bits per heavy atom. The van der Waals surface area contributed by atoms with Crippen molar-refractivity contribution in [3.63, 3.8) is 0 Å². The van der Waals surface area contributed by atoms with Crippen LogP contribution in [0.2, 0.25) is 0 Å². The summed E-state index contributed by atoms with van der Waals surface area (Å²) in [6, 6.07) is 0. The summed E-state index contributed by atoms with van der Waals surface area (Å²) in [5.41, 5.74) is 0. The maximum absolute atomic E-state index is 10.6. The molecule has 10 heavy (non-hydrogen) atoms. The molecular formula is C6H10N2O2. The Kier molecular flexibility index (Phi) is 1.89. The molecule has 4 nitrogen and oxygen atoms in total. The fourth-order valence-corrected chi connectivity index (χ4v) is 0.757. The van der Waals surface area contributed by atoms with Gasteiger partial charge in [0.15, 0.2) is 5.82 Å². The first kappa shape index (κ1) is 7.05. The van der Waals surface area contributed by atoms with Crippen molar-refractivity contribution in [1.82, 2.24) is 9.72 Å². The van der Waals surface area contributed by atoms with Crippen molar-refractivity contribution >= 4 is 0 Å². The van der Waals surface area contributed by atoms with Crippen molar-refractivity contribution in [3.05, 3.63) is 16.4 Å². The molecule has 0 bridgehead atoms. The van der Waals surface area contributed by atoms with Gasteiger partial charge in [-0.3, -0.25) is 9.09 Å². The average molecular weight is 142 g/mol. The van der Waals surface area contributed by atoms with Gasteiger partial charge < -0.3 is 0 Å². The monoisotopic (exact) mass is 142 g/mol. The number of aryl methyl sites for hydroxylation is 1. The number of hydrogen-bond donors (Lipinski definition) is 0. The molecule has 0 radical (unpaired) electrons. The predicted molar refractivity (Wildman–Crippen MR) is 35.7 cm³/mol. The van der Waals surface area contributed by atoms with Crippen LogP contribution in [0.4, 0.5) is 0 Å². The second-order valence-corrected chi connectivity index (χ2v) is 2.17. The lowest BCUT2D eigenvalue weighted by Crippen LogP contribution is -2.11. The van der Waals surface area contributed by atoms with E-state index in [4.69, 9.17) is 0 Å². The van der Waals surface area contributed by atoms with Gasteiger partial charge in [-0.2, -0.15) is 0 Å². The van der Waals surface area contributed by atoms with Crippen molar-refractivity contribution in [3.8, 4) is 0 Å². The van der Waals surface area contributed by atoms with E-state index in [9.17, 15) is 4.79 Å². The molecule has 4 heteroatoms. The first-order valence-corrected chi connectivity index (χ1v) is 3.27. The molecule has 1 heterocycles. The van der Waals surface area contributed by atoms with Crippen molar-refractivity contribution in [2.45, 2.75) is 19.8 Å². The van der Waals surface area contributed by atoms with E-state index < -0.39 is 0 Å². The maximum Gasteiger partial charge on any atom is 0.441 e. The van der Waals surface area contributed by atoms with Crippen molar-refractivity contribution < 1.29 is 4.52 Å². The molecule has 0 saturated carbocycles. The predicted octanol–water partition coefficient (Wildman–Crippen LogP) is 0.326. The largest absolute Gasteiger partial charge is 0.441 e. The minimum absolute atomic E-state index is 0.386. The van der Waals surface area contributed by atoms with Crippen LogP contribution in [0, 0.1) is 0 Å². The number of hydrogen-bond acceptors (Lipinski definition) is 3. The summed E-state index contributed by atoms with van der Waals surface area (Å²) in [7, 11) is 1.66. The van der Waals surface area contributed by atoms with E-state index in [1.165, 1.54) is 4.57 Å².